The number of hydrogen-bond acceptors (Lipinski definition) is 4. The van der Waals surface area contributed by atoms with Crippen molar-refractivity contribution in [3.63, 3.8) is 0 Å². The molecule has 0 aromatic rings. The summed E-state index contributed by atoms with van der Waals surface area (Å²) in [6.07, 6.45) is 4.49. The van der Waals surface area contributed by atoms with Gasteiger partial charge >= 0.3 is 0 Å². The molecule has 6 heteroatoms. The van der Waals surface area contributed by atoms with Crippen LogP contribution in [-0.2, 0) is 4.74 Å². The van der Waals surface area contributed by atoms with Crippen LogP contribution >= 0.6 is 0 Å². The zero-order valence-corrected chi connectivity index (χ0v) is 14.1. The number of guanidine groups is 1. The summed E-state index contributed by atoms with van der Waals surface area (Å²) >= 11 is 0. The van der Waals surface area contributed by atoms with Crippen LogP contribution in [0.25, 0.3) is 0 Å². The highest BCUT2D eigenvalue weighted by atomic mass is 16.5. The predicted molar refractivity (Wildman–Crippen MR) is 89.2 cm³/mol. The number of aliphatic imine (C=N–C) groups is 1. The molecule has 2 aliphatic rings. The van der Waals surface area contributed by atoms with Crippen LogP contribution in [0.1, 0.15) is 32.6 Å². The van der Waals surface area contributed by atoms with E-state index in [0.29, 0.717) is 0 Å². The van der Waals surface area contributed by atoms with Gasteiger partial charge in [-0.05, 0) is 32.2 Å². The summed E-state index contributed by atoms with van der Waals surface area (Å²) in [6, 6.07) is 0.810. The fourth-order valence-corrected chi connectivity index (χ4v) is 3.16. The number of nitrogens with zero attached hydrogens (tertiary/aromatic N) is 2. The Hall–Kier alpha value is -0.850. The second-order valence-corrected chi connectivity index (χ2v) is 6.49. The third-order valence-corrected chi connectivity index (χ3v) is 4.84. The molecule has 3 N–H and O–H groups in total. The second-order valence-electron chi connectivity index (χ2n) is 6.49. The molecule has 1 saturated heterocycles. The van der Waals surface area contributed by atoms with Crippen LogP contribution in [0.5, 0.6) is 0 Å². The topological polar surface area (TPSA) is 69.1 Å². The lowest BCUT2D eigenvalue weighted by Gasteiger charge is -2.28. The zero-order chi connectivity index (χ0) is 15.8. The van der Waals surface area contributed by atoms with Crippen molar-refractivity contribution in [1.29, 1.82) is 0 Å². The molecule has 2 rings (SSSR count). The van der Waals surface area contributed by atoms with Gasteiger partial charge < -0.3 is 20.5 Å². The van der Waals surface area contributed by atoms with Gasteiger partial charge in [0.2, 0.25) is 0 Å². The van der Waals surface area contributed by atoms with Crippen molar-refractivity contribution < 1.29 is 9.84 Å². The number of likely N-dealkylation sites (N-methyl/N-ethyl adjacent to an activating group) is 1. The number of rotatable bonds is 9. The Labute approximate surface area is 134 Å². The molecular formula is C16H32N4O2. The first-order chi connectivity index (χ1) is 10.7. The summed E-state index contributed by atoms with van der Waals surface area (Å²) in [5, 5.41) is 16.1. The first-order valence-corrected chi connectivity index (χ1v) is 8.60. The van der Waals surface area contributed by atoms with E-state index in [0.717, 1.165) is 64.2 Å². The highest BCUT2D eigenvalue weighted by Crippen LogP contribution is 2.31. The molecule has 0 aromatic heterocycles. The van der Waals surface area contributed by atoms with Crippen LogP contribution < -0.4 is 10.6 Å². The number of aliphatic hydroxyl groups is 1. The van der Waals surface area contributed by atoms with Gasteiger partial charge in [0, 0.05) is 51.4 Å². The van der Waals surface area contributed by atoms with Crippen molar-refractivity contribution in [2.45, 2.75) is 38.6 Å². The third-order valence-electron chi connectivity index (χ3n) is 4.84. The van der Waals surface area contributed by atoms with Crippen molar-refractivity contribution >= 4 is 5.96 Å². The van der Waals surface area contributed by atoms with E-state index in [9.17, 15) is 5.11 Å². The molecule has 0 bridgehead atoms. The Balaban J connectivity index is 1.70. The van der Waals surface area contributed by atoms with Crippen molar-refractivity contribution in [3.8, 4) is 0 Å². The maximum atomic E-state index is 9.27. The molecule has 2 fully saturated rings. The first-order valence-electron chi connectivity index (χ1n) is 8.60. The summed E-state index contributed by atoms with van der Waals surface area (Å²) in [6.45, 7) is 7.85. The van der Waals surface area contributed by atoms with Crippen molar-refractivity contribution in [3.05, 3.63) is 0 Å². The molecule has 0 aromatic carbocycles. The van der Waals surface area contributed by atoms with Gasteiger partial charge in [-0.3, -0.25) is 9.89 Å². The fourth-order valence-electron chi connectivity index (χ4n) is 3.16. The van der Waals surface area contributed by atoms with Crippen molar-refractivity contribution in [2.75, 3.05) is 53.0 Å². The molecule has 1 saturated carbocycles. The van der Waals surface area contributed by atoms with Crippen LogP contribution in [0, 0.1) is 5.41 Å². The average Bonchev–Trinajstić information content (AvgIpc) is 3.27. The summed E-state index contributed by atoms with van der Waals surface area (Å²) in [7, 11) is 1.80. The van der Waals surface area contributed by atoms with Gasteiger partial charge in [-0.2, -0.15) is 0 Å². The Kier molecular flexibility index (Phi) is 6.92. The molecule has 1 aliphatic carbocycles. The highest BCUT2D eigenvalue weighted by molar-refractivity contribution is 5.79. The molecule has 0 radical (unpaired) electrons. The van der Waals surface area contributed by atoms with Gasteiger partial charge in [0.15, 0.2) is 5.96 Å². The zero-order valence-electron chi connectivity index (χ0n) is 14.1. The molecule has 6 nitrogen and oxygen atoms in total. The lowest BCUT2D eigenvalue weighted by Crippen LogP contribution is -2.46. The molecule has 128 valence electrons. The number of nitrogens with one attached hydrogen (secondary N) is 2. The minimum atomic E-state index is 0.0514. The molecule has 1 atom stereocenters. The van der Waals surface area contributed by atoms with Crippen LogP contribution in [0.2, 0.25) is 0 Å². The Morgan fingerprint density at radius 3 is 2.77 bits per heavy atom. The lowest BCUT2D eigenvalue weighted by atomic mass is 9.84. The molecule has 0 amide bonds. The van der Waals surface area contributed by atoms with E-state index in [4.69, 9.17) is 4.74 Å². The SMILES string of the molecule is CCN(CCNC(=NC)NCC1(CCO)CCOC1)C1CC1. The van der Waals surface area contributed by atoms with Crippen LogP contribution in [-0.4, -0.2) is 75.1 Å². The Morgan fingerprint density at radius 2 is 2.23 bits per heavy atom. The Bertz CT molecular complexity index is 352. The third kappa shape index (κ3) is 5.11. The number of hydrogen-bond donors (Lipinski definition) is 3. The van der Waals surface area contributed by atoms with Gasteiger partial charge in [-0.15, -0.1) is 0 Å². The molecule has 1 aliphatic heterocycles. The van der Waals surface area contributed by atoms with Gasteiger partial charge in [0.1, 0.15) is 0 Å². The van der Waals surface area contributed by atoms with Crippen molar-refractivity contribution in [2.24, 2.45) is 10.4 Å². The van der Waals surface area contributed by atoms with Gasteiger partial charge in [-0.25, -0.2) is 0 Å². The molecule has 0 spiro atoms. The number of aliphatic hydroxyl groups excluding tert-OH is 1. The number of ether oxygens (including phenoxy) is 1. The summed E-state index contributed by atoms with van der Waals surface area (Å²) < 4.78 is 5.52. The Morgan fingerprint density at radius 1 is 1.41 bits per heavy atom. The molecular weight excluding hydrogens is 280 g/mol. The van der Waals surface area contributed by atoms with E-state index >= 15 is 0 Å². The minimum absolute atomic E-state index is 0.0514. The minimum Gasteiger partial charge on any atom is -0.396 e. The summed E-state index contributed by atoms with van der Waals surface area (Å²) in [5.74, 6) is 0.844. The summed E-state index contributed by atoms with van der Waals surface area (Å²) in [5.41, 5.74) is 0.0514. The lowest BCUT2D eigenvalue weighted by molar-refractivity contribution is 0.127. The molecule has 1 heterocycles. The van der Waals surface area contributed by atoms with Crippen molar-refractivity contribution in [1.82, 2.24) is 15.5 Å². The standard InChI is InChI=1S/C16H32N4O2/c1-3-20(14-4-5-14)9-8-18-15(17-2)19-12-16(6-10-21)7-11-22-13-16/h14,21H,3-13H2,1-2H3,(H2,17,18,19). The highest BCUT2D eigenvalue weighted by Gasteiger charge is 2.34. The smallest absolute Gasteiger partial charge is 0.191 e. The average molecular weight is 312 g/mol. The molecule has 1 unspecified atom stereocenters. The van der Waals surface area contributed by atoms with Crippen LogP contribution in [0.15, 0.2) is 4.99 Å². The monoisotopic (exact) mass is 312 g/mol. The largest absolute Gasteiger partial charge is 0.396 e. The first kappa shape index (κ1) is 17.5. The van der Waals surface area contributed by atoms with E-state index in [1.807, 2.05) is 0 Å². The van der Waals surface area contributed by atoms with Gasteiger partial charge in [0.05, 0.1) is 6.61 Å². The van der Waals surface area contributed by atoms with Gasteiger partial charge in [-0.1, -0.05) is 6.92 Å². The van der Waals surface area contributed by atoms with Crippen LogP contribution in [0.4, 0.5) is 0 Å². The maximum Gasteiger partial charge on any atom is 0.191 e. The fraction of sp³-hybridized carbons (Fsp3) is 0.938. The molecule has 22 heavy (non-hydrogen) atoms. The van der Waals surface area contributed by atoms with Crippen LogP contribution in [0.3, 0.4) is 0 Å². The predicted octanol–water partition coefficient (Wildman–Crippen LogP) is 0.425. The van der Waals surface area contributed by atoms with Gasteiger partial charge in [0.25, 0.3) is 0 Å². The quantitative estimate of drug-likeness (QED) is 0.425. The second kappa shape index (κ2) is 8.70. The summed E-state index contributed by atoms with van der Waals surface area (Å²) in [4.78, 5) is 6.82. The van der Waals surface area contributed by atoms with E-state index in [1.165, 1.54) is 12.8 Å². The van der Waals surface area contributed by atoms with E-state index < -0.39 is 0 Å². The van der Waals surface area contributed by atoms with E-state index in [2.05, 4.69) is 27.4 Å². The van der Waals surface area contributed by atoms with E-state index in [1.54, 1.807) is 7.05 Å². The maximum absolute atomic E-state index is 9.27. The van der Waals surface area contributed by atoms with E-state index in [-0.39, 0.29) is 12.0 Å². The normalized spacial score (nSPS) is 25.7.